The Morgan fingerprint density at radius 3 is 2.33 bits per heavy atom. The van der Waals surface area contributed by atoms with Crippen LogP contribution < -0.4 is 5.32 Å². The number of aromatic nitrogens is 1. The fraction of sp³-hybridized carbons (Fsp3) is 0.286. The standard InChI is InChI=1S/C21H24N2O/c1-12-6-7-13(2)19(16(12)5)22-11-17-8-9-18-14(3)10-15(4)21(24)20(18)23-17/h6-10,22,24H,11H2,1-5H3. The molecule has 2 N–H and O–H groups in total. The van der Waals surface area contributed by atoms with Crippen molar-refractivity contribution in [2.75, 3.05) is 5.32 Å². The van der Waals surface area contributed by atoms with E-state index in [0.717, 1.165) is 22.2 Å². The zero-order valence-corrected chi connectivity index (χ0v) is 15.0. The first-order valence-corrected chi connectivity index (χ1v) is 8.28. The molecule has 3 nitrogen and oxygen atoms in total. The predicted octanol–water partition coefficient (Wildman–Crippen LogP) is 5.09. The van der Waals surface area contributed by atoms with Gasteiger partial charge in [0.1, 0.15) is 11.3 Å². The molecule has 0 aliphatic rings. The Morgan fingerprint density at radius 1 is 0.875 bits per heavy atom. The molecule has 3 rings (SSSR count). The predicted molar refractivity (Wildman–Crippen MR) is 101 cm³/mol. The van der Waals surface area contributed by atoms with Crippen molar-refractivity contribution in [2.45, 2.75) is 41.2 Å². The fourth-order valence-corrected chi connectivity index (χ4v) is 3.16. The molecule has 1 heterocycles. The number of hydrogen-bond acceptors (Lipinski definition) is 3. The van der Waals surface area contributed by atoms with Crippen molar-refractivity contribution in [3.05, 3.63) is 63.8 Å². The SMILES string of the molecule is Cc1ccc(C)c(NCc2ccc3c(C)cc(C)c(O)c3n2)c1C. The van der Waals surface area contributed by atoms with Crippen LogP contribution in [0.4, 0.5) is 5.69 Å². The summed E-state index contributed by atoms with van der Waals surface area (Å²) in [4.78, 5) is 4.68. The minimum Gasteiger partial charge on any atom is -0.505 e. The third-order valence-electron chi connectivity index (χ3n) is 4.80. The third-order valence-corrected chi connectivity index (χ3v) is 4.80. The number of aromatic hydroxyl groups is 1. The maximum absolute atomic E-state index is 10.3. The topological polar surface area (TPSA) is 45.1 Å². The number of phenolic OH excluding ortho intramolecular Hbond substituents is 1. The molecule has 0 aliphatic carbocycles. The van der Waals surface area contributed by atoms with Crippen LogP contribution in [0, 0.1) is 34.6 Å². The summed E-state index contributed by atoms with van der Waals surface area (Å²) in [6.45, 7) is 11.0. The van der Waals surface area contributed by atoms with Crippen LogP contribution in [0.25, 0.3) is 10.9 Å². The van der Waals surface area contributed by atoms with E-state index in [0.29, 0.717) is 12.1 Å². The van der Waals surface area contributed by atoms with Crippen LogP contribution in [0.1, 0.15) is 33.5 Å². The molecule has 3 aromatic rings. The third kappa shape index (κ3) is 2.82. The number of rotatable bonds is 3. The molecule has 0 saturated carbocycles. The molecule has 0 atom stereocenters. The summed E-state index contributed by atoms with van der Waals surface area (Å²) < 4.78 is 0. The minimum absolute atomic E-state index is 0.278. The number of benzene rings is 2. The van der Waals surface area contributed by atoms with Gasteiger partial charge in [0.15, 0.2) is 0 Å². The van der Waals surface area contributed by atoms with Crippen molar-refractivity contribution in [1.82, 2.24) is 4.98 Å². The van der Waals surface area contributed by atoms with Crippen molar-refractivity contribution in [3.63, 3.8) is 0 Å². The van der Waals surface area contributed by atoms with E-state index in [1.165, 1.54) is 22.4 Å². The molecule has 124 valence electrons. The van der Waals surface area contributed by atoms with E-state index in [2.05, 4.69) is 43.2 Å². The highest BCUT2D eigenvalue weighted by molar-refractivity contribution is 5.88. The lowest BCUT2D eigenvalue weighted by Gasteiger charge is -2.15. The highest BCUT2D eigenvalue weighted by Gasteiger charge is 2.10. The molecule has 0 spiro atoms. The summed E-state index contributed by atoms with van der Waals surface area (Å²) in [5.74, 6) is 0.278. The normalized spacial score (nSPS) is 11.0. The molecule has 0 radical (unpaired) electrons. The van der Waals surface area contributed by atoms with Crippen LogP contribution >= 0.6 is 0 Å². The van der Waals surface area contributed by atoms with E-state index in [1.807, 2.05) is 32.0 Å². The van der Waals surface area contributed by atoms with Crippen molar-refractivity contribution in [2.24, 2.45) is 0 Å². The molecule has 0 bridgehead atoms. The number of hydrogen-bond donors (Lipinski definition) is 2. The second-order valence-corrected chi connectivity index (χ2v) is 6.61. The van der Waals surface area contributed by atoms with Crippen LogP contribution in [0.2, 0.25) is 0 Å². The lowest BCUT2D eigenvalue weighted by atomic mass is 10.0. The number of pyridine rings is 1. The summed E-state index contributed by atoms with van der Waals surface area (Å²) in [6.07, 6.45) is 0. The number of fused-ring (bicyclic) bond motifs is 1. The van der Waals surface area contributed by atoms with E-state index >= 15 is 0 Å². The Kier molecular flexibility index (Phi) is 4.18. The number of nitrogens with zero attached hydrogens (tertiary/aromatic N) is 1. The van der Waals surface area contributed by atoms with E-state index < -0.39 is 0 Å². The van der Waals surface area contributed by atoms with Crippen molar-refractivity contribution >= 4 is 16.6 Å². The number of nitrogens with one attached hydrogen (secondary N) is 1. The van der Waals surface area contributed by atoms with E-state index in [9.17, 15) is 5.11 Å². The van der Waals surface area contributed by atoms with Gasteiger partial charge in [-0.2, -0.15) is 0 Å². The summed E-state index contributed by atoms with van der Waals surface area (Å²) in [5.41, 5.74) is 8.55. The molecular weight excluding hydrogens is 296 g/mol. The van der Waals surface area contributed by atoms with Crippen LogP contribution in [-0.2, 0) is 6.54 Å². The van der Waals surface area contributed by atoms with Gasteiger partial charge in [-0.25, -0.2) is 4.98 Å². The van der Waals surface area contributed by atoms with Crippen molar-refractivity contribution in [3.8, 4) is 5.75 Å². The van der Waals surface area contributed by atoms with Crippen molar-refractivity contribution in [1.29, 1.82) is 0 Å². The Bertz CT molecular complexity index is 929. The average Bonchev–Trinajstić information content (AvgIpc) is 2.56. The molecule has 0 aliphatic heterocycles. The summed E-state index contributed by atoms with van der Waals surface area (Å²) >= 11 is 0. The number of anilines is 1. The van der Waals surface area contributed by atoms with E-state index in [-0.39, 0.29) is 5.75 Å². The minimum atomic E-state index is 0.278. The zero-order chi connectivity index (χ0) is 17.4. The lowest BCUT2D eigenvalue weighted by molar-refractivity contribution is 0.476. The summed E-state index contributed by atoms with van der Waals surface area (Å²) in [5, 5.41) is 14.8. The molecule has 0 unspecified atom stereocenters. The quantitative estimate of drug-likeness (QED) is 0.706. The molecule has 0 amide bonds. The summed E-state index contributed by atoms with van der Waals surface area (Å²) in [6, 6.07) is 10.4. The Balaban J connectivity index is 1.95. The van der Waals surface area contributed by atoms with Crippen molar-refractivity contribution < 1.29 is 5.11 Å². The first kappa shape index (κ1) is 16.3. The van der Waals surface area contributed by atoms with Crippen LogP contribution in [0.15, 0.2) is 30.3 Å². The molecule has 1 aromatic heterocycles. The number of aryl methyl sites for hydroxylation is 4. The van der Waals surface area contributed by atoms with E-state index in [4.69, 9.17) is 0 Å². The Hall–Kier alpha value is -2.55. The van der Waals surface area contributed by atoms with Gasteiger partial charge in [-0.3, -0.25) is 0 Å². The largest absolute Gasteiger partial charge is 0.505 e. The Labute approximate surface area is 143 Å². The maximum Gasteiger partial charge on any atom is 0.144 e. The van der Waals surface area contributed by atoms with Crippen LogP contribution in [-0.4, -0.2) is 10.1 Å². The van der Waals surface area contributed by atoms with Gasteiger partial charge in [-0.1, -0.05) is 24.3 Å². The molecule has 0 fully saturated rings. The summed E-state index contributed by atoms with van der Waals surface area (Å²) in [7, 11) is 0. The molecule has 3 heteroatoms. The van der Waals surface area contributed by atoms with Gasteiger partial charge in [0.25, 0.3) is 0 Å². The second-order valence-electron chi connectivity index (χ2n) is 6.61. The lowest BCUT2D eigenvalue weighted by Crippen LogP contribution is -2.05. The molecular formula is C21H24N2O. The average molecular weight is 320 g/mol. The highest BCUT2D eigenvalue weighted by Crippen LogP contribution is 2.30. The van der Waals surface area contributed by atoms with Crippen LogP contribution in [0.3, 0.4) is 0 Å². The van der Waals surface area contributed by atoms with Gasteiger partial charge in [0.05, 0.1) is 12.2 Å². The van der Waals surface area contributed by atoms with Gasteiger partial charge in [-0.05, 0) is 68.5 Å². The highest BCUT2D eigenvalue weighted by atomic mass is 16.3. The van der Waals surface area contributed by atoms with Gasteiger partial charge in [-0.15, -0.1) is 0 Å². The second kappa shape index (κ2) is 6.16. The first-order chi connectivity index (χ1) is 11.4. The monoisotopic (exact) mass is 320 g/mol. The van der Waals surface area contributed by atoms with Crippen LogP contribution in [0.5, 0.6) is 5.75 Å². The van der Waals surface area contributed by atoms with Gasteiger partial charge < -0.3 is 10.4 Å². The first-order valence-electron chi connectivity index (χ1n) is 8.28. The maximum atomic E-state index is 10.3. The molecule has 0 saturated heterocycles. The van der Waals surface area contributed by atoms with Gasteiger partial charge >= 0.3 is 0 Å². The Morgan fingerprint density at radius 2 is 1.58 bits per heavy atom. The smallest absolute Gasteiger partial charge is 0.144 e. The number of phenols is 1. The molecule has 24 heavy (non-hydrogen) atoms. The van der Waals surface area contributed by atoms with Gasteiger partial charge in [0.2, 0.25) is 0 Å². The molecule has 2 aromatic carbocycles. The van der Waals surface area contributed by atoms with Gasteiger partial charge in [0, 0.05) is 11.1 Å². The van der Waals surface area contributed by atoms with E-state index in [1.54, 1.807) is 0 Å². The fourth-order valence-electron chi connectivity index (χ4n) is 3.16. The zero-order valence-electron chi connectivity index (χ0n) is 15.0.